The van der Waals surface area contributed by atoms with Crippen molar-refractivity contribution in [1.82, 2.24) is 14.9 Å². The molecule has 2 aliphatic rings. The minimum absolute atomic E-state index is 0.0200. The van der Waals surface area contributed by atoms with Crippen molar-refractivity contribution >= 4 is 51.9 Å². The lowest BCUT2D eigenvalue weighted by Gasteiger charge is -2.43. The van der Waals surface area contributed by atoms with E-state index in [0.717, 1.165) is 11.1 Å². The molecular formula is C22H22Cl2FN5O2. The van der Waals surface area contributed by atoms with Crippen molar-refractivity contribution < 1.29 is 13.6 Å². The quantitative estimate of drug-likeness (QED) is 0.581. The van der Waals surface area contributed by atoms with Gasteiger partial charge in [0.25, 0.3) is 11.9 Å². The number of halogens is 3. The number of pyridine rings is 1. The number of alkyl halides is 1. The van der Waals surface area contributed by atoms with Gasteiger partial charge in [0, 0.05) is 23.1 Å². The fourth-order valence-electron chi connectivity index (χ4n) is 4.91. The van der Waals surface area contributed by atoms with E-state index in [9.17, 15) is 4.79 Å². The van der Waals surface area contributed by atoms with Gasteiger partial charge in [-0.15, -0.1) is 0 Å². The lowest BCUT2D eigenvalue weighted by molar-refractivity contribution is -0.147. The van der Waals surface area contributed by atoms with Gasteiger partial charge >= 0.3 is 0 Å². The molecule has 2 aliphatic heterocycles. The zero-order chi connectivity index (χ0) is 22.6. The van der Waals surface area contributed by atoms with Crippen molar-refractivity contribution in [2.24, 2.45) is 0 Å². The van der Waals surface area contributed by atoms with Crippen LogP contribution in [0.3, 0.4) is 0 Å². The maximum atomic E-state index is 16.2. The third kappa shape index (κ3) is 3.46. The molecule has 32 heavy (non-hydrogen) atoms. The summed E-state index contributed by atoms with van der Waals surface area (Å²) in [7, 11) is 0. The van der Waals surface area contributed by atoms with Gasteiger partial charge in [0.05, 0.1) is 25.0 Å². The van der Waals surface area contributed by atoms with Crippen LogP contribution in [0.15, 0.2) is 28.9 Å². The van der Waals surface area contributed by atoms with Gasteiger partial charge in [-0.2, -0.15) is 4.98 Å². The van der Waals surface area contributed by atoms with Crippen molar-refractivity contribution in [2.45, 2.75) is 37.9 Å². The smallest absolute Gasteiger partial charge is 0.293 e. The zero-order valence-corrected chi connectivity index (χ0v) is 19.0. The number of carbonyl (C=O) groups excluding carboxylic acids is 1. The van der Waals surface area contributed by atoms with Gasteiger partial charge in [0.15, 0.2) is 5.58 Å². The number of oxazole rings is 1. The van der Waals surface area contributed by atoms with Crippen LogP contribution in [0.2, 0.25) is 10.0 Å². The molecule has 0 spiro atoms. The van der Waals surface area contributed by atoms with E-state index in [1.165, 1.54) is 0 Å². The fraction of sp³-hybridized carbons (Fsp3) is 0.409. The Bertz CT molecular complexity index is 1220. The molecule has 0 radical (unpaired) electrons. The molecule has 4 heterocycles. The monoisotopic (exact) mass is 477 g/mol. The van der Waals surface area contributed by atoms with Gasteiger partial charge in [-0.25, -0.2) is 4.39 Å². The summed E-state index contributed by atoms with van der Waals surface area (Å²) in [6.45, 7) is 2.76. The number of aromatic nitrogens is 2. The molecule has 5 rings (SSSR count). The van der Waals surface area contributed by atoms with E-state index >= 15 is 4.39 Å². The second-order valence-electron chi connectivity index (χ2n) is 8.43. The molecule has 2 atom stereocenters. The number of nitrogens with two attached hydrogens (primary N) is 1. The number of nitrogens with zero attached hydrogens (tertiary/aromatic N) is 4. The van der Waals surface area contributed by atoms with Gasteiger partial charge in [-0.1, -0.05) is 23.2 Å². The van der Waals surface area contributed by atoms with Crippen LogP contribution in [0.25, 0.3) is 11.1 Å². The Morgan fingerprint density at radius 3 is 2.94 bits per heavy atom. The normalized spacial score (nSPS) is 23.4. The van der Waals surface area contributed by atoms with Crippen molar-refractivity contribution in [3.63, 3.8) is 0 Å². The van der Waals surface area contributed by atoms with Crippen LogP contribution in [0.5, 0.6) is 0 Å². The van der Waals surface area contributed by atoms with Gasteiger partial charge in [-0.05, 0) is 49.4 Å². The lowest BCUT2D eigenvalue weighted by atomic mass is 9.88. The van der Waals surface area contributed by atoms with E-state index in [4.69, 9.17) is 33.4 Å². The lowest BCUT2D eigenvalue weighted by Crippen LogP contribution is -2.57. The van der Waals surface area contributed by atoms with E-state index in [-0.39, 0.29) is 25.0 Å². The Balaban J connectivity index is 1.43. The minimum Gasteiger partial charge on any atom is -0.421 e. The minimum atomic E-state index is -2.04. The first-order valence-electron chi connectivity index (χ1n) is 10.5. The molecule has 0 aliphatic carbocycles. The number of amides is 1. The highest BCUT2D eigenvalue weighted by molar-refractivity contribution is 6.35. The molecule has 7 nitrogen and oxygen atoms in total. The molecule has 2 N–H and O–H groups in total. The summed E-state index contributed by atoms with van der Waals surface area (Å²) in [6.07, 6.45) is 4.37. The predicted molar refractivity (Wildman–Crippen MR) is 122 cm³/mol. The SMILES string of the molecule is C[C@H]1c2c(Cl)cc(Cl)cc2CCN1C(=O)C1(F)CCCN(c2cncc3nc(N)oc23)C1. The molecule has 1 amide bonds. The van der Waals surface area contributed by atoms with Crippen LogP contribution >= 0.6 is 23.2 Å². The Kier molecular flexibility index (Phi) is 5.17. The molecule has 1 fully saturated rings. The van der Waals surface area contributed by atoms with Crippen LogP contribution in [0.4, 0.5) is 16.1 Å². The Morgan fingerprint density at radius 2 is 2.12 bits per heavy atom. The molecule has 1 unspecified atom stereocenters. The van der Waals surface area contributed by atoms with E-state index < -0.39 is 11.6 Å². The summed E-state index contributed by atoms with van der Waals surface area (Å²) in [6, 6.07) is 3.20. The van der Waals surface area contributed by atoms with Crippen molar-refractivity contribution in [2.75, 3.05) is 30.3 Å². The highest BCUT2D eigenvalue weighted by Crippen LogP contribution is 2.40. The van der Waals surface area contributed by atoms with Gasteiger partial charge in [-0.3, -0.25) is 9.78 Å². The van der Waals surface area contributed by atoms with Gasteiger partial charge < -0.3 is 20.0 Å². The summed E-state index contributed by atoms with van der Waals surface area (Å²) in [4.78, 5) is 25.1. The highest BCUT2D eigenvalue weighted by Gasteiger charge is 2.47. The number of nitrogen functional groups attached to an aromatic ring is 1. The standard InChI is InChI=1S/C22H22Cl2FN5O2/c1-12-18-13(7-14(23)8-15(18)24)3-6-30(12)20(31)22(25)4-2-5-29(11-22)17-10-27-9-16-19(17)32-21(26)28-16/h7-10,12H,2-6,11H2,1H3,(H2,26,28)/t12-,22?/m0/s1. The Hall–Kier alpha value is -2.58. The summed E-state index contributed by atoms with van der Waals surface area (Å²) < 4.78 is 21.7. The second kappa shape index (κ2) is 7.78. The summed E-state index contributed by atoms with van der Waals surface area (Å²) >= 11 is 12.6. The molecule has 1 aromatic carbocycles. The maximum Gasteiger partial charge on any atom is 0.293 e. The van der Waals surface area contributed by atoms with Crippen LogP contribution in [-0.4, -0.2) is 46.1 Å². The molecule has 0 saturated carbocycles. The first kappa shape index (κ1) is 21.3. The van der Waals surface area contributed by atoms with Crippen LogP contribution in [0, 0.1) is 0 Å². The molecule has 3 aromatic rings. The molecule has 2 aromatic heterocycles. The van der Waals surface area contributed by atoms with E-state index in [1.807, 2.05) is 13.0 Å². The summed E-state index contributed by atoms with van der Waals surface area (Å²) in [5.74, 6) is -0.524. The summed E-state index contributed by atoms with van der Waals surface area (Å²) in [5, 5.41) is 1.05. The maximum absolute atomic E-state index is 16.2. The molecule has 0 bridgehead atoms. The molecule has 168 valence electrons. The molecular weight excluding hydrogens is 456 g/mol. The summed E-state index contributed by atoms with van der Waals surface area (Å²) in [5.41, 5.74) is 6.99. The number of anilines is 2. The van der Waals surface area contributed by atoms with Gasteiger partial charge in [0.1, 0.15) is 11.2 Å². The predicted octanol–water partition coefficient (Wildman–Crippen LogP) is 4.57. The van der Waals surface area contributed by atoms with Crippen molar-refractivity contribution in [3.05, 3.63) is 45.7 Å². The first-order valence-corrected chi connectivity index (χ1v) is 11.3. The number of fused-ring (bicyclic) bond motifs is 2. The average molecular weight is 478 g/mol. The number of hydrogen-bond acceptors (Lipinski definition) is 6. The number of piperidine rings is 1. The Morgan fingerprint density at radius 1 is 1.31 bits per heavy atom. The topological polar surface area (TPSA) is 88.5 Å². The first-order chi connectivity index (χ1) is 15.3. The second-order valence-corrected chi connectivity index (χ2v) is 9.28. The van der Waals surface area contributed by atoms with Crippen LogP contribution < -0.4 is 10.6 Å². The van der Waals surface area contributed by atoms with Crippen LogP contribution in [0.1, 0.15) is 36.9 Å². The number of carbonyl (C=O) groups is 1. The molecule has 1 saturated heterocycles. The van der Waals surface area contributed by atoms with E-state index in [1.54, 1.807) is 28.3 Å². The third-order valence-corrected chi connectivity index (χ3v) is 6.94. The fourth-order valence-corrected chi connectivity index (χ4v) is 5.60. The van der Waals surface area contributed by atoms with Crippen molar-refractivity contribution in [3.8, 4) is 0 Å². The van der Waals surface area contributed by atoms with Crippen LogP contribution in [-0.2, 0) is 11.2 Å². The molecule has 10 heteroatoms. The average Bonchev–Trinajstić information content (AvgIpc) is 3.13. The number of benzene rings is 1. The number of hydrogen-bond donors (Lipinski definition) is 1. The van der Waals surface area contributed by atoms with E-state index in [2.05, 4.69) is 9.97 Å². The highest BCUT2D eigenvalue weighted by atomic mass is 35.5. The third-order valence-electron chi connectivity index (χ3n) is 6.41. The van der Waals surface area contributed by atoms with Crippen molar-refractivity contribution in [1.29, 1.82) is 0 Å². The van der Waals surface area contributed by atoms with Gasteiger partial charge in [0.2, 0.25) is 5.67 Å². The number of rotatable bonds is 2. The largest absolute Gasteiger partial charge is 0.421 e. The Labute approximate surface area is 194 Å². The zero-order valence-electron chi connectivity index (χ0n) is 17.4. The van der Waals surface area contributed by atoms with E-state index in [0.29, 0.717) is 52.8 Å².